The molecule has 0 unspecified atom stereocenters. The van der Waals surface area contributed by atoms with E-state index >= 15 is 0 Å². The first kappa shape index (κ1) is 11.6. The van der Waals surface area contributed by atoms with Crippen molar-refractivity contribution in [1.29, 1.82) is 0 Å². The zero-order valence-corrected chi connectivity index (χ0v) is 9.06. The molecule has 0 saturated heterocycles. The standard InChI is InChI=1S/C10H21NO/c1-7(2)8(12)9(3,4)10(5,6)11/h7H,11H2,1-6H3. The minimum absolute atomic E-state index is 0.0582. The molecular weight excluding hydrogens is 150 g/mol. The van der Waals surface area contributed by atoms with Crippen molar-refractivity contribution >= 4 is 5.78 Å². The summed E-state index contributed by atoms with van der Waals surface area (Å²) >= 11 is 0. The molecule has 0 aromatic heterocycles. The van der Waals surface area contributed by atoms with Crippen LogP contribution < -0.4 is 5.73 Å². The highest BCUT2D eigenvalue weighted by Gasteiger charge is 2.40. The number of hydrogen-bond acceptors (Lipinski definition) is 2. The second-order valence-electron chi connectivity index (χ2n) is 4.87. The summed E-state index contributed by atoms with van der Waals surface area (Å²) in [4.78, 5) is 11.7. The predicted molar refractivity (Wildman–Crippen MR) is 51.9 cm³/mol. The van der Waals surface area contributed by atoms with Crippen molar-refractivity contribution in [3.8, 4) is 0 Å². The Morgan fingerprint density at radius 3 is 1.58 bits per heavy atom. The molecule has 0 heterocycles. The molecule has 0 spiro atoms. The van der Waals surface area contributed by atoms with Crippen LogP contribution in [0, 0.1) is 11.3 Å². The molecule has 0 amide bonds. The molecule has 0 aliphatic rings. The van der Waals surface area contributed by atoms with Gasteiger partial charge in [0.25, 0.3) is 0 Å². The van der Waals surface area contributed by atoms with Crippen LogP contribution in [-0.2, 0) is 4.79 Å². The molecule has 0 saturated carbocycles. The molecule has 0 aromatic rings. The average molecular weight is 171 g/mol. The minimum atomic E-state index is -0.450. The van der Waals surface area contributed by atoms with Crippen LogP contribution in [-0.4, -0.2) is 11.3 Å². The van der Waals surface area contributed by atoms with Crippen molar-refractivity contribution in [1.82, 2.24) is 0 Å². The molecule has 0 radical (unpaired) electrons. The Morgan fingerprint density at radius 2 is 1.50 bits per heavy atom. The zero-order valence-electron chi connectivity index (χ0n) is 9.06. The van der Waals surface area contributed by atoms with Gasteiger partial charge in [0.1, 0.15) is 5.78 Å². The van der Waals surface area contributed by atoms with Crippen molar-refractivity contribution in [2.24, 2.45) is 17.1 Å². The lowest BCUT2D eigenvalue weighted by Crippen LogP contribution is -2.53. The Hall–Kier alpha value is -0.370. The van der Waals surface area contributed by atoms with Gasteiger partial charge in [0.05, 0.1) is 0 Å². The van der Waals surface area contributed by atoms with Crippen LogP contribution in [0.1, 0.15) is 41.5 Å². The molecule has 2 N–H and O–H groups in total. The van der Waals surface area contributed by atoms with Crippen molar-refractivity contribution < 1.29 is 4.79 Å². The third-order valence-corrected chi connectivity index (χ3v) is 2.75. The summed E-state index contributed by atoms with van der Waals surface area (Å²) in [6.45, 7) is 11.4. The molecule has 0 rings (SSSR count). The number of hydrogen-bond donors (Lipinski definition) is 1. The number of carbonyl (C=O) groups excluding carboxylic acids is 1. The second kappa shape index (κ2) is 3.17. The molecule has 0 atom stereocenters. The first-order valence-electron chi connectivity index (χ1n) is 4.44. The summed E-state index contributed by atoms with van der Waals surface area (Å²) < 4.78 is 0. The topological polar surface area (TPSA) is 43.1 Å². The third kappa shape index (κ3) is 2.07. The van der Waals surface area contributed by atoms with Crippen molar-refractivity contribution in [2.75, 3.05) is 0 Å². The third-order valence-electron chi connectivity index (χ3n) is 2.75. The van der Waals surface area contributed by atoms with Crippen molar-refractivity contribution in [3.05, 3.63) is 0 Å². The van der Waals surface area contributed by atoms with Crippen molar-refractivity contribution in [2.45, 2.75) is 47.1 Å². The van der Waals surface area contributed by atoms with Gasteiger partial charge in [-0.1, -0.05) is 27.7 Å². The van der Waals surface area contributed by atoms with Gasteiger partial charge < -0.3 is 5.73 Å². The molecule has 12 heavy (non-hydrogen) atoms. The fourth-order valence-electron chi connectivity index (χ4n) is 1.04. The van der Waals surface area contributed by atoms with Crippen LogP contribution in [0.4, 0.5) is 0 Å². The molecule has 2 heteroatoms. The van der Waals surface area contributed by atoms with E-state index in [2.05, 4.69) is 0 Å². The van der Waals surface area contributed by atoms with Crippen LogP contribution in [0.3, 0.4) is 0 Å². The van der Waals surface area contributed by atoms with Gasteiger partial charge in [-0.15, -0.1) is 0 Å². The lowest BCUT2D eigenvalue weighted by Gasteiger charge is -2.38. The lowest BCUT2D eigenvalue weighted by molar-refractivity contribution is -0.133. The van der Waals surface area contributed by atoms with Crippen LogP contribution in [0.2, 0.25) is 0 Å². The molecule has 0 bridgehead atoms. The quantitative estimate of drug-likeness (QED) is 0.705. The summed E-state index contributed by atoms with van der Waals surface area (Å²) in [5, 5.41) is 0. The summed E-state index contributed by atoms with van der Waals surface area (Å²) in [5.74, 6) is 0.290. The zero-order chi connectivity index (χ0) is 10.2. The lowest BCUT2D eigenvalue weighted by atomic mass is 9.69. The molecule has 0 fully saturated rings. The molecular formula is C10H21NO. The smallest absolute Gasteiger partial charge is 0.142 e. The average Bonchev–Trinajstić information content (AvgIpc) is 1.83. The first-order chi connectivity index (χ1) is 5.10. The summed E-state index contributed by atoms with van der Waals surface area (Å²) in [7, 11) is 0. The number of nitrogens with two attached hydrogens (primary N) is 1. The largest absolute Gasteiger partial charge is 0.325 e. The maximum atomic E-state index is 11.7. The minimum Gasteiger partial charge on any atom is -0.325 e. The summed E-state index contributed by atoms with van der Waals surface area (Å²) in [5.41, 5.74) is 5.04. The highest BCUT2D eigenvalue weighted by atomic mass is 16.1. The monoisotopic (exact) mass is 171 g/mol. The van der Waals surface area contributed by atoms with Crippen LogP contribution in [0.5, 0.6) is 0 Å². The van der Waals surface area contributed by atoms with E-state index in [1.165, 1.54) is 0 Å². The number of Topliss-reactive ketones (excluding diaryl/α,β-unsaturated/α-hetero) is 1. The number of ketones is 1. The van der Waals surface area contributed by atoms with Crippen LogP contribution in [0.25, 0.3) is 0 Å². The Morgan fingerprint density at radius 1 is 1.17 bits per heavy atom. The van der Waals surface area contributed by atoms with Gasteiger partial charge in [-0.2, -0.15) is 0 Å². The highest BCUT2D eigenvalue weighted by Crippen LogP contribution is 2.31. The Balaban J connectivity index is 4.74. The van der Waals surface area contributed by atoms with E-state index < -0.39 is 11.0 Å². The number of carbonyl (C=O) groups is 1. The molecule has 72 valence electrons. The fourth-order valence-corrected chi connectivity index (χ4v) is 1.04. The van der Waals surface area contributed by atoms with E-state index in [-0.39, 0.29) is 11.7 Å². The van der Waals surface area contributed by atoms with Crippen LogP contribution in [0.15, 0.2) is 0 Å². The second-order valence-corrected chi connectivity index (χ2v) is 4.87. The number of rotatable bonds is 3. The first-order valence-corrected chi connectivity index (χ1v) is 4.44. The Kier molecular flexibility index (Phi) is 3.07. The SMILES string of the molecule is CC(C)C(=O)C(C)(C)C(C)(C)N. The summed E-state index contributed by atoms with van der Waals surface area (Å²) in [6, 6.07) is 0. The molecule has 0 aromatic carbocycles. The van der Waals surface area contributed by atoms with E-state index in [9.17, 15) is 4.79 Å². The summed E-state index contributed by atoms with van der Waals surface area (Å²) in [6.07, 6.45) is 0. The predicted octanol–water partition coefficient (Wildman–Crippen LogP) is 1.98. The Labute approximate surface area is 75.5 Å². The van der Waals surface area contributed by atoms with Gasteiger partial charge >= 0.3 is 0 Å². The highest BCUT2D eigenvalue weighted by molar-refractivity contribution is 5.87. The van der Waals surface area contributed by atoms with Gasteiger partial charge in [-0.3, -0.25) is 4.79 Å². The normalized spacial score (nSPS) is 13.7. The molecule has 0 aliphatic heterocycles. The van der Waals surface area contributed by atoms with Gasteiger partial charge in [-0.25, -0.2) is 0 Å². The van der Waals surface area contributed by atoms with Gasteiger partial charge in [0.15, 0.2) is 0 Å². The van der Waals surface area contributed by atoms with Gasteiger partial charge in [0.2, 0.25) is 0 Å². The van der Waals surface area contributed by atoms with E-state index in [1.807, 2.05) is 41.5 Å². The molecule has 2 nitrogen and oxygen atoms in total. The van der Waals surface area contributed by atoms with Crippen LogP contribution >= 0.6 is 0 Å². The Bertz CT molecular complexity index is 175. The van der Waals surface area contributed by atoms with E-state index in [0.29, 0.717) is 0 Å². The van der Waals surface area contributed by atoms with Gasteiger partial charge in [-0.05, 0) is 13.8 Å². The maximum absolute atomic E-state index is 11.7. The van der Waals surface area contributed by atoms with E-state index in [4.69, 9.17) is 5.73 Å². The maximum Gasteiger partial charge on any atom is 0.142 e. The van der Waals surface area contributed by atoms with Crippen molar-refractivity contribution in [3.63, 3.8) is 0 Å². The van der Waals surface area contributed by atoms with E-state index in [1.54, 1.807) is 0 Å². The van der Waals surface area contributed by atoms with Gasteiger partial charge in [0, 0.05) is 16.9 Å². The fraction of sp³-hybridized carbons (Fsp3) is 0.900. The molecule has 0 aliphatic carbocycles. The van der Waals surface area contributed by atoms with E-state index in [0.717, 1.165) is 0 Å².